The van der Waals surface area contributed by atoms with Gasteiger partial charge in [-0.05, 0) is 48.0 Å². The molecule has 0 fully saturated rings. The van der Waals surface area contributed by atoms with Crippen LogP contribution in [0.3, 0.4) is 0 Å². The zero-order valence-electron chi connectivity index (χ0n) is 12.0. The Morgan fingerprint density at radius 3 is 2.68 bits per heavy atom. The molecular formula is C18H14FNOS. The predicted octanol–water partition coefficient (Wildman–Crippen LogP) is 5.13. The highest BCUT2D eigenvalue weighted by Crippen LogP contribution is 2.23. The van der Waals surface area contributed by atoms with Gasteiger partial charge in [-0.25, -0.2) is 9.37 Å². The van der Waals surface area contributed by atoms with Crippen molar-refractivity contribution >= 4 is 23.5 Å². The average Bonchev–Trinajstić information content (AvgIpc) is 3.03. The van der Waals surface area contributed by atoms with Gasteiger partial charge in [0, 0.05) is 10.9 Å². The largest absolute Gasteiger partial charge is 0.497 e. The van der Waals surface area contributed by atoms with Gasteiger partial charge < -0.3 is 4.74 Å². The van der Waals surface area contributed by atoms with E-state index in [9.17, 15) is 4.39 Å². The number of hydrogen-bond donors (Lipinski definition) is 0. The lowest BCUT2D eigenvalue weighted by Crippen LogP contribution is -1.82. The highest BCUT2D eigenvalue weighted by Gasteiger charge is 2.03. The minimum atomic E-state index is -0.239. The first-order valence-electron chi connectivity index (χ1n) is 6.78. The molecule has 0 aliphatic heterocycles. The number of rotatable bonds is 4. The smallest absolute Gasteiger partial charge is 0.123 e. The van der Waals surface area contributed by atoms with Gasteiger partial charge >= 0.3 is 0 Å². The molecule has 0 saturated carbocycles. The van der Waals surface area contributed by atoms with Crippen LogP contribution in [-0.4, -0.2) is 12.1 Å². The molecule has 0 unspecified atom stereocenters. The van der Waals surface area contributed by atoms with E-state index in [2.05, 4.69) is 4.98 Å². The van der Waals surface area contributed by atoms with Gasteiger partial charge in [0.05, 0.1) is 12.8 Å². The van der Waals surface area contributed by atoms with Crippen molar-refractivity contribution in [3.05, 3.63) is 70.3 Å². The Hall–Kier alpha value is -2.46. The van der Waals surface area contributed by atoms with E-state index in [1.165, 1.54) is 12.1 Å². The molecule has 3 rings (SSSR count). The zero-order valence-corrected chi connectivity index (χ0v) is 12.8. The second-order valence-electron chi connectivity index (χ2n) is 4.69. The number of halogens is 1. The van der Waals surface area contributed by atoms with E-state index in [1.54, 1.807) is 30.6 Å². The van der Waals surface area contributed by atoms with Crippen LogP contribution in [-0.2, 0) is 0 Å². The van der Waals surface area contributed by atoms with Gasteiger partial charge in [0.2, 0.25) is 0 Å². The standard InChI is InChI=1S/C18H14FNOS/c1-21-16-4-2-3-13(11-16)5-10-18-20-17(12-22-18)14-6-8-15(19)9-7-14/h2-12H,1H3/b10-5+. The second kappa shape index (κ2) is 6.54. The topological polar surface area (TPSA) is 22.1 Å². The molecule has 0 amide bonds. The summed E-state index contributed by atoms with van der Waals surface area (Å²) in [4.78, 5) is 4.55. The average molecular weight is 311 g/mol. The number of methoxy groups -OCH3 is 1. The highest BCUT2D eigenvalue weighted by molar-refractivity contribution is 7.10. The Bertz CT molecular complexity index is 793. The van der Waals surface area contributed by atoms with Crippen molar-refractivity contribution in [3.8, 4) is 17.0 Å². The zero-order chi connectivity index (χ0) is 15.4. The molecular weight excluding hydrogens is 297 g/mol. The number of aromatic nitrogens is 1. The molecule has 4 heteroatoms. The predicted molar refractivity (Wildman–Crippen MR) is 89.4 cm³/mol. The van der Waals surface area contributed by atoms with Crippen molar-refractivity contribution < 1.29 is 9.13 Å². The third kappa shape index (κ3) is 3.40. The summed E-state index contributed by atoms with van der Waals surface area (Å²) in [6, 6.07) is 14.2. The Labute approximate surface area is 132 Å². The molecule has 0 saturated heterocycles. The molecule has 1 heterocycles. The van der Waals surface area contributed by atoms with Crippen LogP contribution in [0.1, 0.15) is 10.6 Å². The van der Waals surface area contributed by atoms with E-state index in [-0.39, 0.29) is 5.82 Å². The molecule has 1 aromatic heterocycles. The van der Waals surface area contributed by atoms with Gasteiger partial charge in [0.25, 0.3) is 0 Å². The lowest BCUT2D eigenvalue weighted by molar-refractivity contribution is 0.414. The van der Waals surface area contributed by atoms with Crippen LogP contribution in [0.2, 0.25) is 0 Å². The third-order valence-corrected chi connectivity index (χ3v) is 3.98. The summed E-state index contributed by atoms with van der Waals surface area (Å²) in [5.74, 6) is 0.588. The van der Waals surface area contributed by atoms with Crippen LogP contribution < -0.4 is 4.74 Å². The van der Waals surface area contributed by atoms with Crippen molar-refractivity contribution in [2.75, 3.05) is 7.11 Å². The van der Waals surface area contributed by atoms with Gasteiger partial charge in [-0.3, -0.25) is 0 Å². The fourth-order valence-electron chi connectivity index (χ4n) is 2.03. The molecule has 0 radical (unpaired) electrons. The molecule has 0 bridgehead atoms. The fraction of sp³-hybridized carbons (Fsp3) is 0.0556. The van der Waals surface area contributed by atoms with Crippen LogP contribution >= 0.6 is 11.3 Å². The highest BCUT2D eigenvalue weighted by atomic mass is 32.1. The van der Waals surface area contributed by atoms with Gasteiger partial charge in [-0.2, -0.15) is 0 Å². The van der Waals surface area contributed by atoms with Crippen molar-refractivity contribution in [1.82, 2.24) is 4.98 Å². The molecule has 0 aliphatic carbocycles. The van der Waals surface area contributed by atoms with Crippen molar-refractivity contribution in [1.29, 1.82) is 0 Å². The first-order chi connectivity index (χ1) is 10.7. The minimum Gasteiger partial charge on any atom is -0.497 e. The normalized spacial score (nSPS) is 11.0. The van der Waals surface area contributed by atoms with Crippen LogP contribution in [0.15, 0.2) is 53.9 Å². The van der Waals surface area contributed by atoms with E-state index >= 15 is 0 Å². The molecule has 3 aromatic rings. The Morgan fingerprint density at radius 2 is 1.91 bits per heavy atom. The third-order valence-electron chi connectivity index (χ3n) is 3.17. The van der Waals surface area contributed by atoms with Crippen LogP contribution in [0.25, 0.3) is 23.4 Å². The van der Waals surface area contributed by atoms with E-state index in [0.29, 0.717) is 0 Å². The van der Waals surface area contributed by atoms with E-state index in [1.807, 2.05) is 41.8 Å². The molecule has 2 nitrogen and oxygen atoms in total. The molecule has 2 aromatic carbocycles. The monoisotopic (exact) mass is 311 g/mol. The van der Waals surface area contributed by atoms with Crippen molar-refractivity contribution in [3.63, 3.8) is 0 Å². The van der Waals surface area contributed by atoms with Gasteiger partial charge in [-0.1, -0.05) is 18.2 Å². The van der Waals surface area contributed by atoms with Crippen LogP contribution in [0.4, 0.5) is 4.39 Å². The first-order valence-corrected chi connectivity index (χ1v) is 7.66. The molecule has 22 heavy (non-hydrogen) atoms. The molecule has 0 N–H and O–H groups in total. The van der Waals surface area contributed by atoms with Crippen LogP contribution in [0, 0.1) is 5.82 Å². The maximum Gasteiger partial charge on any atom is 0.123 e. The summed E-state index contributed by atoms with van der Waals surface area (Å²) in [5, 5.41) is 2.88. The number of benzene rings is 2. The lowest BCUT2D eigenvalue weighted by atomic mass is 10.2. The number of ether oxygens (including phenoxy) is 1. The summed E-state index contributed by atoms with van der Waals surface area (Å²) in [6.07, 6.45) is 3.96. The SMILES string of the molecule is COc1cccc(/C=C/c2nc(-c3ccc(F)cc3)cs2)c1. The molecule has 0 spiro atoms. The quantitative estimate of drug-likeness (QED) is 0.666. The second-order valence-corrected chi connectivity index (χ2v) is 5.58. The molecule has 110 valence electrons. The minimum absolute atomic E-state index is 0.239. The number of hydrogen-bond acceptors (Lipinski definition) is 3. The summed E-state index contributed by atoms with van der Waals surface area (Å²) in [5.41, 5.74) is 2.83. The summed E-state index contributed by atoms with van der Waals surface area (Å²) in [6.45, 7) is 0. The molecule has 0 aliphatic rings. The molecule has 0 atom stereocenters. The number of thiazole rings is 1. The summed E-state index contributed by atoms with van der Waals surface area (Å²) in [7, 11) is 1.65. The first kappa shape index (κ1) is 14.5. The van der Waals surface area contributed by atoms with Gasteiger partial charge in [0.1, 0.15) is 16.6 Å². The fourth-order valence-corrected chi connectivity index (χ4v) is 2.75. The maximum atomic E-state index is 12.9. The summed E-state index contributed by atoms with van der Waals surface area (Å²) >= 11 is 1.55. The van der Waals surface area contributed by atoms with E-state index in [0.717, 1.165) is 27.6 Å². The lowest BCUT2D eigenvalue weighted by Gasteiger charge is -1.99. The van der Waals surface area contributed by atoms with Crippen molar-refractivity contribution in [2.45, 2.75) is 0 Å². The number of nitrogens with zero attached hydrogens (tertiary/aromatic N) is 1. The summed E-state index contributed by atoms with van der Waals surface area (Å²) < 4.78 is 18.1. The van der Waals surface area contributed by atoms with Crippen LogP contribution in [0.5, 0.6) is 5.75 Å². The van der Waals surface area contributed by atoms with E-state index < -0.39 is 0 Å². The Balaban J connectivity index is 1.79. The van der Waals surface area contributed by atoms with Gasteiger partial charge in [0.15, 0.2) is 0 Å². The van der Waals surface area contributed by atoms with E-state index in [4.69, 9.17) is 4.74 Å². The van der Waals surface area contributed by atoms with Gasteiger partial charge in [-0.15, -0.1) is 11.3 Å². The van der Waals surface area contributed by atoms with Crippen molar-refractivity contribution in [2.24, 2.45) is 0 Å². The Morgan fingerprint density at radius 1 is 1.09 bits per heavy atom. The maximum absolute atomic E-state index is 12.9. The Kier molecular flexibility index (Phi) is 4.30.